The van der Waals surface area contributed by atoms with Crippen LogP contribution in [0.15, 0.2) is 0 Å². The maximum absolute atomic E-state index is 11.3. The van der Waals surface area contributed by atoms with Gasteiger partial charge in [-0.2, -0.15) is 0 Å². The van der Waals surface area contributed by atoms with Crippen LogP contribution >= 0.6 is 0 Å². The molecular formula is C12H24B2N2O2. The number of ketones is 1. The lowest BCUT2D eigenvalue weighted by molar-refractivity contribution is -0.122. The molecule has 0 rings (SSSR count). The first kappa shape index (κ1) is 19.6. The molecule has 1 amide bonds. The normalized spacial score (nSPS) is 9.89. The number of hydrogen-bond acceptors (Lipinski definition) is 3. The first-order valence-corrected chi connectivity index (χ1v) is 6.49. The van der Waals surface area contributed by atoms with E-state index in [0.29, 0.717) is 32.4 Å². The van der Waals surface area contributed by atoms with Crippen molar-refractivity contribution in [3.05, 3.63) is 0 Å². The number of Topliss-reactive ketones (excluding diaryl/α,β-unsaturated/α-hetero) is 1. The van der Waals surface area contributed by atoms with Gasteiger partial charge in [-0.25, -0.2) is 0 Å². The van der Waals surface area contributed by atoms with E-state index in [0.717, 1.165) is 4.72 Å². The van der Waals surface area contributed by atoms with Crippen molar-refractivity contribution in [2.75, 3.05) is 13.1 Å². The lowest BCUT2D eigenvalue weighted by Crippen LogP contribution is -2.28. The van der Waals surface area contributed by atoms with E-state index in [1.807, 2.05) is 27.7 Å². The highest BCUT2D eigenvalue weighted by molar-refractivity contribution is 6.24. The second-order valence-corrected chi connectivity index (χ2v) is 4.06. The number of nitrogens with one attached hydrogen (secondary N) is 1. The molecular weight excluding hydrogens is 226 g/mol. The second kappa shape index (κ2) is 12.7. The predicted molar refractivity (Wildman–Crippen MR) is 76.3 cm³/mol. The Morgan fingerprint density at radius 2 is 1.72 bits per heavy atom. The van der Waals surface area contributed by atoms with E-state index >= 15 is 0 Å². The summed E-state index contributed by atoms with van der Waals surface area (Å²) in [5.74, 6) is 0.119. The molecule has 0 aliphatic heterocycles. The molecule has 0 saturated heterocycles. The molecule has 0 aliphatic carbocycles. The van der Waals surface area contributed by atoms with E-state index in [2.05, 4.69) is 5.32 Å². The van der Waals surface area contributed by atoms with Crippen LogP contribution in [0.4, 0.5) is 0 Å². The molecule has 0 aromatic heterocycles. The fraction of sp³-hybridized carbons (Fsp3) is 0.833. The summed E-state index contributed by atoms with van der Waals surface area (Å²) in [5.41, 5.74) is 0. The van der Waals surface area contributed by atoms with Gasteiger partial charge in [0.15, 0.2) is 16.0 Å². The molecule has 100 valence electrons. The third kappa shape index (κ3) is 13.3. The molecule has 0 unspecified atom stereocenters. The van der Waals surface area contributed by atoms with Gasteiger partial charge in [-0.1, -0.05) is 27.7 Å². The van der Waals surface area contributed by atoms with Crippen molar-refractivity contribution in [1.29, 1.82) is 0 Å². The summed E-state index contributed by atoms with van der Waals surface area (Å²) >= 11 is 0. The van der Waals surface area contributed by atoms with Crippen LogP contribution in [0.5, 0.6) is 0 Å². The lowest BCUT2D eigenvalue weighted by Gasteiger charge is -2.10. The predicted octanol–water partition coefficient (Wildman–Crippen LogP) is 0.993. The minimum absolute atomic E-state index is 0.0277. The minimum atomic E-state index is -0.0709. The van der Waals surface area contributed by atoms with Crippen LogP contribution in [0.25, 0.3) is 0 Å². The molecule has 0 saturated carbocycles. The first-order valence-electron chi connectivity index (χ1n) is 6.49. The van der Waals surface area contributed by atoms with E-state index in [4.69, 9.17) is 16.0 Å². The summed E-state index contributed by atoms with van der Waals surface area (Å²) in [6, 6.07) is 0. The van der Waals surface area contributed by atoms with Gasteiger partial charge >= 0.3 is 0 Å². The molecule has 1 N–H and O–H groups in total. The van der Waals surface area contributed by atoms with Crippen molar-refractivity contribution in [2.45, 2.75) is 47.0 Å². The molecule has 0 fully saturated rings. The third-order valence-corrected chi connectivity index (χ3v) is 2.16. The highest BCUT2D eigenvalue weighted by Gasteiger charge is 2.07. The number of carbonyl (C=O) groups excluding carboxylic acids is 2. The Hall–Kier alpha value is -0.770. The molecule has 0 aromatic rings. The van der Waals surface area contributed by atoms with Crippen LogP contribution < -0.4 is 5.32 Å². The van der Waals surface area contributed by atoms with Crippen LogP contribution in [0, 0.1) is 5.92 Å². The van der Waals surface area contributed by atoms with E-state index in [9.17, 15) is 9.59 Å². The van der Waals surface area contributed by atoms with Gasteiger partial charge in [-0.3, -0.25) is 9.59 Å². The monoisotopic (exact) mass is 250 g/mol. The van der Waals surface area contributed by atoms with Gasteiger partial charge in [0.2, 0.25) is 5.91 Å². The zero-order chi connectivity index (χ0) is 14.6. The summed E-state index contributed by atoms with van der Waals surface area (Å²) in [6.07, 6.45) is 1.38. The molecule has 0 heterocycles. The van der Waals surface area contributed by atoms with Crippen molar-refractivity contribution in [3.8, 4) is 0 Å². The topological polar surface area (TPSA) is 49.4 Å². The van der Waals surface area contributed by atoms with E-state index < -0.39 is 0 Å². The number of carbonyl (C=O) groups is 2. The zero-order valence-electron chi connectivity index (χ0n) is 12.0. The van der Waals surface area contributed by atoms with Gasteiger partial charge in [-0.15, -0.1) is 0 Å². The summed E-state index contributed by atoms with van der Waals surface area (Å²) in [5, 5.41) is 2.68. The van der Waals surface area contributed by atoms with Crippen LogP contribution in [0.2, 0.25) is 0 Å². The van der Waals surface area contributed by atoms with Crippen molar-refractivity contribution in [3.63, 3.8) is 0 Å². The standard InChI is InChI=1S/C10H18B2N2O2.C2H6/c1-8(2)9(15)5-6-13-10(16)4-3-7-14(11)12;1-2/h8H,3-7H2,1-2H3,(H,13,16);1-2H3. The molecule has 0 spiro atoms. The smallest absolute Gasteiger partial charge is 0.220 e. The Labute approximate surface area is 114 Å². The van der Waals surface area contributed by atoms with Crippen LogP contribution in [0.1, 0.15) is 47.0 Å². The van der Waals surface area contributed by atoms with Gasteiger partial charge < -0.3 is 10.0 Å². The maximum Gasteiger partial charge on any atom is 0.220 e. The molecule has 6 heteroatoms. The largest absolute Gasteiger partial charge is 0.404 e. The molecule has 0 bridgehead atoms. The number of nitrogens with zero attached hydrogens (tertiary/aromatic N) is 1. The van der Waals surface area contributed by atoms with E-state index in [1.165, 1.54) is 0 Å². The Morgan fingerprint density at radius 1 is 1.17 bits per heavy atom. The molecule has 0 aliphatic rings. The number of amides is 1. The van der Waals surface area contributed by atoms with Crippen LogP contribution in [-0.4, -0.2) is 45.5 Å². The maximum atomic E-state index is 11.3. The van der Waals surface area contributed by atoms with Crippen molar-refractivity contribution in [2.24, 2.45) is 5.92 Å². The Balaban J connectivity index is 0. The lowest BCUT2D eigenvalue weighted by atomic mass is 10.1. The first-order chi connectivity index (χ1) is 8.43. The fourth-order valence-corrected chi connectivity index (χ4v) is 1.12. The van der Waals surface area contributed by atoms with Gasteiger partial charge in [0.25, 0.3) is 0 Å². The molecule has 0 aromatic carbocycles. The zero-order valence-corrected chi connectivity index (χ0v) is 12.0. The van der Waals surface area contributed by atoms with Gasteiger partial charge in [0, 0.05) is 25.3 Å². The highest BCUT2D eigenvalue weighted by Crippen LogP contribution is 1.97. The summed E-state index contributed by atoms with van der Waals surface area (Å²) in [4.78, 5) is 22.5. The summed E-state index contributed by atoms with van der Waals surface area (Å²) in [7, 11) is 10.4. The van der Waals surface area contributed by atoms with Crippen molar-refractivity contribution in [1.82, 2.24) is 10.0 Å². The SMILES string of the molecule is CC.[B]N([B])CCCC(=O)NCCC(=O)C(C)C. The second-order valence-electron chi connectivity index (χ2n) is 4.06. The molecule has 18 heavy (non-hydrogen) atoms. The molecule has 4 nitrogen and oxygen atoms in total. The Bertz CT molecular complexity index is 234. The van der Waals surface area contributed by atoms with Gasteiger partial charge in [0.1, 0.15) is 5.78 Å². The molecule has 0 atom stereocenters. The molecule has 4 radical (unpaired) electrons. The minimum Gasteiger partial charge on any atom is -0.404 e. The summed E-state index contributed by atoms with van der Waals surface area (Å²) < 4.78 is 1.05. The van der Waals surface area contributed by atoms with Crippen LogP contribution in [-0.2, 0) is 9.59 Å². The fourth-order valence-electron chi connectivity index (χ4n) is 1.12. The third-order valence-electron chi connectivity index (χ3n) is 2.16. The number of hydrogen-bond donors (Lipinski definition) is 1. The van der Waals surface area contributed by atoms with E-state index in [1.54, 1.807) is 0 Å². The van der Waals surface area contributed by atoms with Gasteiger partial charge in [-0.05, 0) is 13.0 Å². The van der Waals surface area contributed by atoms with Gasteiger partial charge in [0.05, 0.1) is 0 Å². The summed E-state index contributed by atoms with van der Waals surface area (Å²) in [6.45, 7) is 8.58. The highest BCUT2D eigenvalue weighted by atomic mass is 16.1. The Morgan fingerprint density at radius 3 is 2.17 bits per heavy atom. The Kier molecular flexibility index (Phi) is 13.8. The van der Waals surface area contributed by atoms with Crippen molar-refractivity contribution >= 4 is 27.7 Å². The average molecular weight is 250 g/mol. The number of rotatable bonds is 8. The average Bonchev–Trinajstić information content (AvgIpc) is 2.30. The quantitative estimate of drug-likeness (QED) is 0.653. The van der Waals surface area contributed by atoms with Crippen LogP contribution in [0.3, 0.4) is 0 Å². The van der Waals surface area contributed by atoms with E-state index in [-0.39, 0.29) is 17.6 Å². The van der Waals surface area contributed by atoms with Crippen molar-refractivity contribution < 1.29 is 9.59 Å².